The minimum Gasteiger partial charge on any atom is -0.282 e. The van der Waals surface area contributed by atoms with E-state index in [1.54, 1.807) is 0 Å². The van der Waals surface area contributed by atoms with Crippen molar-refractivity contribution in [2.45, 2.75) is 45.6 Å². The zero-order valence-electron chi connectivity index (χ0n) is 12.2. The Morgan fingerprint density at radius 3 is 2.63 bits per heavy atom. The lowest BCUT2D eigenvalue weighted by Gasteiger charge is -2.21. The first-order chi connectivity index (χ1) is 8.97. The first kappa shape index (κ1) is 16.0. The van der Waals surface area contributed by atoms with Crippen molar-refractivity contribution in [1.29, 1.82) is 0 Å². The normalized spacial score (nSPS) is 14.8. The lowest BCUT2D eigenvalue weighted by Crippen LogP contribution is -2.18. The number of rotatable bonds is 7. The van der Waals surface area contributed by atoms with Crippen molar-refractivity contribution in [1.82, 2.24) is 0 Å². The highest BCUT2D eigenvalue weighted by Gasteiger charge is 2.17. The van der Waals surface area contributed by atoms with Gasteiger partial charge in [-0.3, -0.25) is 4.99 Å². The van der Waals surface area contributed by atoms with Crippen molar-refractivity contribution >= 4 is 17.8 Å². The summed E-state index contributed by atoms with van der Waals surface area (Å²) in [4.78, 5) is 4.67. The molecule has 0 aliphatic rings. The molecule has 1 aromatic carbocycles. The highest BCUT2D eigenvalue weighted by Crippen LogP contribution is 2.22. The van der Waals surface area contributed by atoms with Gasteiger partial charge in [-0.1, -0.05) is 62.6 Å². The summed E-state index contributed by atoms with van der Waals surface area (Å²) in [5.41, 5.74) is 0.759. The summed E-state index contributed by atoms with van der Waals surface area (Å²) in [5, 5.41) is 0.736. The maximum Gasteiger partial charge on any atom is 0.0757 e. The fourth-order valence-corrected chi connectivity index (χ4v) is 2.07. The molecule has 104 valence electrons. The van der Waals surface area contributed by atoms with Gasteiger partial charge in [-0.15, -0.1) is 6.58 Å². The van der Waals surface area contributed by atoms with E-state index in [1.807, 2.05) is 36.6 Å². The van der Waals surface area contributed by atoms with E-state index in [2.05, 4.69) is 32.3 Å². The van der Waals surface area contributed by atoms with Gasteiger partial charge in [0.05, 0.1) is 5.54 Å². The Bertz CT molecular complexity index is 437. The van der Waals surface area contributed by atoms with Crippen LogP contribution in [-0.2, 0) is 0 Å². The Balaban J connectivity index is 2.69. The van der Waals surface area contributed by atoms with Gasteiger partial charge >= 0.3 is 0 Å². The summed E-state index contributed by atoms with van der Waals surface area (Å²) in [5.74, 6) is 0.738. The van der Waals surface area contributed by atoms with Gasteiger partial charge < -0.3 is 0 Å². The number of hydrogen-bond donors (Lipinski definition) is 0. The molecule has 0 aromatic heterocycles. The van der Waals surface area contributed by atoms with E-state index >= 15 is 0 Å². The average molecular weight is 278 g/mol. The quantitative estimate of drug-likeness (QED) is 0.459. The van der Waals surface area contributed by atoms with E-state index in [9.17, 15) is 0 Å². The van der Waals surface area contributed by atoms with Gasteiger partial charge in [0.15, 0.2) is 0 Å². The van der Waals surface area contributed by atoms with Gasteiger partial charge in [-0.25, -0.2) is 0 Å². The summed E-state index contributed by atoms with van der Waals surface area (Å²) < 4.78 is 0. The molecule has 1 atom stereocenters. The number of benzene rings is 1. The molecule has 0 aliphatic carbocycles. The minimum atomic E-state index is -0.200. The second-order valence-electron chi connectivity index (χ2n) is 5.63. The Hall–Kier alpha value is -1.08. The Morgan fingerprint density at radius 2 is 2.05 bits per heavy atom. The van der Waals surface area contributed by atoms with Crippen LogP contribution >= 0.6 is 11.6 Å². The molecule has 0 radical (unpaired) electrons. The highest BCUT2D eigenvalue weighted by molar-refractivity contribution is 6.33. The number of halogens is 1. The van der Waals surface area contributed by atoms with Gasteiger partial charge in [0.1, 0.15) is 0 Å². The SMILES string of the molecule is C=CC(C)(CCCC(C)C)N=Cc1ccccc1Cl. The average Bonchev–Trinajstić information content (AvgIpc) is 2.37. The van der Waals surface area contributed by atoms with Crippen molar-refractivity contribution in [3.05, 3.63) is 47.5 Å². The maximum atomic E-state index is 6.13. The molecule has 0 amide bonds. The second-order valence-corrected chi connectivity index (χ2v) is 6.03. The van der Waals surface area contributed by atoms with E-state index in [4.69, 9.17) is 11.6 Å². The highest BCUT2D eigenvalue weighted by atomic mass is 35.5. The Labute approximate surface area is 122 Å². The molecule has 2 heteroatoms. The standard InChI is InChI=1S/C17H24ClN/c1-5-17(4,12-8-9-14(2)3)19-13-15-10-6-7-11-16(15)18/h5-7,10-11,13-14H,1,8-9,12H2,2-4H3. The molecule has 19 heavy (non-hydrogen) atoms. The molecule has 1 rings (SSSR count). The number of aliphatic imine (C=N–C) groups is 1. The molecule has 0 heterocycles. The third kappa shape index (κ3) is 5.61. The molecular formula is C17H24ClN. The maximum absolute atomic E-state index is 6.13. The summed E-state index contributed by atoms with van der Waals surface area (Å²) in [6.07, 6.45) is 7.21. The third-order valence-corrected chi connectivity index (χ3v) is 3.65. The van der Waals surface area contributed by atoms with E-state index < -0.39 is 0 Å². The predicted octanol–water partition coefficient (Wildman–Crippen LogP) is 5.53. The van der Waals surface area contributed by atoms with Crippen LogP contribution < -0.4 is 0 Å². The van der Waals surface area contributed by atoms with E-state index in [1.165, 1.54) is 12.8 Å². The smallest absolute Gasteiger partial charge is 0.0757 e. The molecule has 0 N–H and O–H groups in total. The second kappa shape index (κ2) is 7.49. The van der Waals surface area contributed by atoms with Gasteiger partial charge in [0.25, 0.3) is 0 Å². The number of hydrogen-bond acceptors (Lipinski definition) is 1. The summed E-state index contributed by atoms with van der Waals surface area (Å²) in [7, 11) is 0. The van der Waals surface area contributed by atoms with E-state index in [0.717, 1.165) is 22.9 Å². The van der Waals surface area contributed by atoms with Crippen molar-refractivity contribution < 1.29 is 0 Å². The van der Waals surface area contributed by atoms with Crippen LogP contribution in [0, 0.1) is 5.92 Å². The van der Waals surface area contributed by atoms with Crippen molar-refractivity contribution in [3.8, 4) is 0 Å². The lowest BCUT2D eigenvalue weighted by molar-refractivity contribution is 0.461. The van der Waals surface area contributed by atoms with Crippen LogP contribution in [-0.4, -0.2) is 11.8 Å². The fraction of sp³-hybridized carbons (Fsp3) is 0.471. The molecule has 0 saturated carbocycles. The van der Waals surface area contributed by atoms with Crippen LogP contribution in [0.25, 0.3) is 0 Å². The van der Waals surface area contributed by atoms with Crippen molar-refractivity contribution in [2.24, 2.45) is 10.9 Å². The van der Waals surface area contributed by atoms with Crippen LogP contribution in [0.15, 0.2) is 41.9 Å². The molecule has 0 fully saturated rings. The van der Waals surface area contributed by atoms with Crippen LogP contribution in [0.2, 0.25) is 5.02 Å². The molecule has 0 spiro atoms. The molecule has 0 bridgehead atoms. The van der Waals surface area contributed by atoms with Gasteiger partial charge in [0, 0.05) is 16.8 Å². The Kier molecular flexibility index (Phi) is 6.30. The molecule has 1 nitrogen and oxygen atoms in total. The van der Waals surface area contributed by atoms with Gasteiger partial charge in [-0.05, 0) is 25.3 Å². The summed E-state index contributed by atoms with van der Waals surface area (Å²) >= 11 is 6.13. The van der Waals surface area contributed by atoms with E-state index in [0.29, 0.717) is 0 Å². The molecule has 0 aliphatic heterocycles. The monoisotopic (exact) mass is 277 g/mol. The number of nitrogens with zero attached hydrogens (tertiary/aromatic N) is 1. The van der Waals surface area contributed by atoms with Crippen molar-refractivity contribution in [2.75, 3.05) is 0 Å². The molecule has 0 saturated heterocycles. The summed E-state index contributed by atoms with van der Waals surface area (Å²) in [6.45, 7) is 10.5. The molecule has 1 unspecified atom stereocenters. The zero-order chi connectivity index (χ0) is 14.3. The van der Waals surface area contributed by atoms with Crippen LogP contribution in [0.1, 0.15) is 45.6 Å². The first-order valence-corrected chi connectivity index (χ1v) is 7.28. The molecule has 1 aromatic rings. The van der Waals surface area contributed by atoms with Crippen LogP contribution in [0.5, 0.6) is 0 Å². The van der Waals surface area contributed by atoms with Crippen molar-refractivity contribution in [3.63, 3.8) is 0 Å². The third-order valence-electron chi connectivity index (χ3n) is 3.31. The molecular weight excluding hydrogens is 254 g/mol. The first-order valence-electron chi connectivity index (χ1n) is 6.90. The minimum absolute atomic E-state index is 0.200. The predicted molar refractivity (Wildman–Crippen MR) is 86.3 cm³/mol. The fourth-order valence-electron chi connectivity index (χ4n) is 1.88. The topological polar surface area (TPSA) is 12.4 Å². The summed E-state index contributed by atoms with van der Waals surface area (Å²) in [6, 6.07) is 7.75. The van der Waals surface area contributed by atoms with Gasteiger partial charge in [-0.2, -0.15) is 0 Å². The van der Waals surface area contributed by atoms with Crippen LogP contribution in [0.3, 0.4) is 0 Å². The Morgan fingerprint density at radius 1 is 1.37 bits per heavy atom. The lowest BCUT2D eigenvalue weighted by atomic mass is 9.93. The van der Waals surface area contributed by atoms with Gasteiger partial charge in [0.2, 0.25) is 0 Å². The largest absolute Gasteiger partial charge is 0.282 e. The van der Waals surface area contributed by atoms with Crippen LogP contribution in [0.4, 0.5) is 0 Å². The zero-order valence-corrected chi connectivity index (χ0v) is 13.0. The van der Waals surface area contributed by atoms with E-state index in [-0.39, 0.29) is 5.54 Å².